The van der Waals surface area contributed by atoms with Gasteiger partial charge in [0.1, 0.15) is 6.10 Å². The van der Waals surface area contributed by atoms with Gasteiger partial charge in [0, 0.05) is 13.0 Å². The molecule has 0 N–H and O–H groups in total. The van der Waals surface area contributed by atoms with Crippen molar-refractivity contribution in [2.45, 2.75) is 12.5 Å². The number of hydrogen-bond donors (Lipinski definition) is 0. The molecule has 0 aromatic heterocycles. The number of rotatable bonds is 1. The molecule has 2 atom stereocenters. The highest BCUT2D eigenvalue weighted by Crippen LogP contribution is 2.26. The fraction of sp³-hybridized carbons (Fsp3) is 0.750. The van der Waals surface area contributed by atoms with Crippen LogP contribution in [0.15, 0.2) is 0 Å². The van der Waals surface area contributed by atoms with Crippen molar-refractivity contribution in [2.75, 3.05) is 20.2 Å². The quantitative estimate of drug-likeness (QED) is 0.539. The minimum Gasteiger partial charge on any atom is -0.469 e. The van der Waals surface area contributed by atoms with Gasteiger partial charge in [-0.1, -0.05) is 0 Å². The second-order valence-electron chi connectivity index (χ2n) is 3.37. The second-order valence-corrected chi connectivity index (χ2v) is 3.37. The molecule has 2 fully saturated rings. The van der Waals surface area contributed by atoms with Gasteiger partial charge in [0.2, 0.25) is 0 Å². The van der Waals surface area contributed by atoms with Gasteiger partial charge in [-0.3, -0.25) is 4.79 Å². The van der Waals surface area contributed by atoms with E-state index in [-0.39, 0.29) is 24.1 Å². The van der Waals surface area contributed by atoms with E-state index in [0.29, 0.717) is 19.5 Å². The molecule has 2 aliphatic rings. The van der Waals surface area contributed by atoms with Gasteiger partial charge in [-0.2, -0.15) is 0 Å². The molecule has 0 aliphatic carbocycles. The summed E-state index contributed by atoms with van der Waals surface area (Å²) in [6.45, 7) is 1.05. The average molecular weight is 185 g/mol. The molecule has 2 aliphatic heterocycles. The zero-order valence-electron chi connectivity index (χ0n) is 7.36. The molecule has 0 unspecified atom stereocenters. The molecule has 5 nitrogen and oxygen atoms in total. The van der Waals surface area contributed by atoms with Crippen molar-refractivity contribution in [3.05, 3.63) is 0 Å². The monoisotopic (exact) mass is 185 g/mol. The van der Waals surface area contributed by atoms with Gasteiger partial charge in [0.25, 0.3) is 0 Å². The molecular formula is C8H11NO4. The van der Waals surface area contributed by atoms with Crippen LogP contribution in [-0.2, 0) is 14.3 Å². The van der Waals surface area contributed by atoms with Crippen molar-refractivity contribution in [3.63, 3.8) is 0 Å². The molecule has 13 heavy (non-hydrogen) atoms. The molecule has 2 saturated heterocycles. The maximum atomic E-state index is 11.2. The highest BCUT2D eigenvalue weighted by atomic mass is 16.6. The zero-order valence-corrected chi connectivity index (χ0v) is 7.36. The number of nitrogens with zero attached hydrogens (tertiary/aromatic N) is 1. The number of carbonyl (C=O) groups excluding carboxylic acids is 2. The van der Waals surface area contributed by atoms with Crippen LogP contribution in [0.1, 0.15) is 6.42 Å². The van der Waals surface area contributed by atoms with Crippen molar-refractivity contribution >= 4 is 12.1 Å². The van der Waals surface area contributed by atoms with Crippen LogP contribution >= 0.6 is 0 Å². The SMILES string of the molecule is COC(=O)[C@H]1C[C@@H]2CN(C1)C(=O)O2. The summed E-state index contributed by atoms with van der Waals surface area (Å²) in [5.74, 6) is -0.469. The average Bonchev–Trinajstić information content (AvgIpc) is 2.39. The Labute approximate surface area is 75.6 Å². The summed E-state index contributed by atoms with van der Waals surface area (Å²) >= 11 is 0. The second kappa shape index (κ2) is 2.90. The number of ether oxygens (including phenoxy) is 2. The van der Waals surface area contributed by atoms with Crippen LogP contribution in [0.4, 0.5) is 4.79 Å². The molecule has 1 amide bonds. The van der Waals surface area contributed by atoms with Gasteiger partial charge in [0.05, 0.1) is 19.6 Å². The largest absolute Gasteiger partial charge is 0.469 e. The molecule has 5 heteroatoms. The van der Waals surface area contributed by atoms with Crippen molar-refractivity contribution in [1.29, 1.82) is 0 Å². The van der Waals surface area contributed by atoms with Gasteiger partial charge >= 0.3 is 12.1 Å². The number of carbonyl (C=O) groups is 2. The first-order valence-corrected chi connectivity index (χ1v) is 4.24. The maximum Gasteiger partial charge on any atom is 0.410 e. The summed E-state index contributed by atoms with van der Waals surface area (Å²) in [5, 5.41) is 0. The number of piperidine rings is 1. The van der Waals surface area contributed by atoms with Gasteiger partial charge in [-0.25, -0.2) is 4.79 Å². The first kappa shape index (κ1) is 8.34. The predicted octanol–water partition coefficient (Wildman–Crippen LogP) is 0.0001000. The van der Waals surface area contributed by atoms with E-state index in [1.54, 1.807) is 4.90 Å². The molecule has 2 bridgehead atoms. The molecular weight excluding hydrogens is 174 g/mol. The Kier molecular flexibility index (Phi) is 1.86. The summed E-state index contributed by atoms with van der Waals surface area (Å²) in [4.78, 5) is 23.8. The number of hydrogen-bond acceptors (Lipinski definition) is 4. The lowest BCUT2D eigenvalue weighted by Crippen LogP contribution is -2.40. The Hall–Kier alpha value is -1.26. The van der Waals surface area contributed by atoms with Gasteiger partial charge in [0.15, 0.2) is 0 Å². The third-order valence-electron chi connectivity index (χ3n) is 2.47. The highest BCUT2D eigenvalue weighted by Gasteiger charge is 2.42. The molecule has 0 saturated carbocycles. The van der Waals surface area contributed by atoms with E-state index in [0.717, 1.165) is 0 Å². The zero-order chi connectivity index (χ0) is 9.42. The Morgan fingerprint density at radius 3 is 3.00 bits per heavy atom. The molecule has 0 aromatic carbocycles. The highest BCUT2D eigenvalue weighted by molar-refractivity contribution is 5.76. The third-order valence-corrected chi connectivity index (χ3v) is 2.47. The van der Waals surface area contributed by atoms with Crippen LogP contribution in [0.3, 0.4) is 0 Å². The van der Waals surface area contributed by atoms with E-state index in [1.807, 2.05) is 0 Å². The molecule has 0 radical (unpaired) electrons. The van der Waals surface area contributed by atoms with Gasteiger partial charge < -0.3 is 14.4 Å². The molecule has 0 aromatic rings. The number of fused-ring (bicyclic) bond motifs is 2. The van der Waals surface area contributed by atoms with E-state index < -0.39 is 0 Å². The lowest BCUT2D eigenvalue weighted by molar-refractivity contribution is -0.147. The lowest BCUT2D eigenvalue weighted by atomic mass is 9.97. The fourth-order valence-corrected chi connectivity index (χ4v) is 1.84. The summed E-state index contributed by atoms with van der Waals surface area (Å²) in [7, 11) is 1.36. The third kappa shape index (κ3) is 1.34. The number of amides is 1. The first-order chi connectivity index (χ1) is 6.20. The summed E-state index contributed by atoms with van der Waals surface area (Å²) in [6, 6.07) is 0. The Morgan fingerprint density at radius 2 is 2.38 bits per heavy atom. The van der Waals surface area contributed by atoms with Crippen molar-refractivity contribution in [2.24, 2.45) is 5.92 Å². The van der Waals surface area contributed by atoms with Gasteiger partial charge in [-0.05, 0) is 0 Å². The summed E-state index contributed by atoms with van der Waals surface area (Å²) in [5.41, 5.74) is 0. The molecule has 2 rings (SSSR count). The Balaban J connectivity index is 2.05. The standard InChI is InChI=1S/C8H11NO4/c1-12-7(10)5-2-6-4-9(3-5)8(11)13-6/h5-6H,2-4H2,1H3/t5-,6+/m0/s1. The van der Waals surface area contributed by atoms with E-state index in [9.17, 15) is 9.59 Å². The fourth-order valence-electron chi connectivity index (χ4n) is 1.84. The van der Waals surface area contributed by atoms with Crippen LogP contribution in [0.5, 0.6) is 0 Å². The van der Waals surface area contributed by atoms with Crippen molar-refractivity contribution < 1.29 is 19.1 Å². The van der Waals surface area contributed by atoms with Crippen LogP contribution < -0.4 is 0 Å². The number of esters is 1. The van der Waals surface area contributed by atoms with E-state index >= 15 is 0 Å². The first-order valence-electron chi connectivity index (χ1n) is 4.24. The van der Waals surface area contributed by atoms with Gasteiger partial charge in [-0.15, -0.1) is 0 Å². The molecule has 2 heterocycles. The Morgan fingerprint density at radius 1 is 1.62 bits per heavy atom. The van der Waals surface area contributed by atoms with Crippen LogP contribution in [-0.4, -0.2) is 43.3 Å². The van der Waals surface area contributed by atoms with Crippen LogP contribution in [0, 0.1) is 5.92 Å². The van der Waals surface area contributed by atoms with Crippen molar-refractivity contribution in [3.8, 4) is 0 Å². The molecule has 72 valence electrons. The predicted molar refractivity (Wildman–Crippen MR) is 42.0 cm³/mol. The normalized spacial score (nSPS) is 31.5. The Bertz CT molecular complexity index is 253. The summed E-state index contributed by atoms with van der Waals surface area (Å²) < 4.78 is 9.61. The topological polar surface area (TPSA) is 55.8 Å². The smallest absolute Gasteiger partial charge is 0.410 e. The maximum absolute atomic E-state index is 11.2. The molecule has 0 spiro atoms. The summed E-state index contributed by atoms with van der Waals surface area (Å²) in [6.07, 6.45) is 0.163. The lowest BCUT2D eigenvalue weighted by Gasteiger charge is -2.24. The number of methoxy groups -OCH3 is 1. The minimum absolute atomic E-state index is 0.120. The van der Waals surface area contributed by atoms with Crippen LogP contribution in [0.2, 0.25) is 0 Å². The van der Waals surface area contributed by atoms with Crippen LogP contribution in [0.25, 0.3) is 0 Å². The van der Waals surface area contributed by atoms with Crippen molar-refractivity contribution in [1.82, 2.24) is 4.90 Å². The van der Waals surface area contributed by atoms with E-state index in [2.05, 4.69) is 4.74 Å². The van der Waals surface area contributed by atoms with E-state index in [4.69, 9.17) is 4.74 Å². The van der Waals surface area contributed by atoms with E-state index in [1.165, 1.54) is 7.11 Å². The minimum atomic E-state index is -0.309.